The number of hydrogen-bond acceptors (Lipinski definition) is 4. The molecule has 0 bridgehead atoms. The summed E-state index contributed by atoms with van der Waals surface area (Å²) in [5, 5.41) is 0. The van der Waals surface area contributed by atoms with Crippen LogP contribution in [0.15, 0.2) is 29.2 Å². The number of carbonyl (C=O) groups excluding carboxylic acids is 1. The van der Waals surface area contributed by atoms with Crippen LogP contribution in [0.3, 0.4) is 0 Å². The lowest BCUT2D eigenvalue weighted by Crippen LogP contribution is -2.35. The van der Waals surface area contributed by atoms with Gasteiger partial charge in [0, 0.05) is 6.61 Å². The van der Waals surface area contributed by atoms with Crippen molar-refractivity contribution in [1.29, 1.82) is 0 Å². The number of ether oxygens (including phenoxy) is 1. The van der Waals surface area contributed by atoms with E-state index in [-0.39, 0.29) is 12.0 Å². The van der Waals surface area contributed by atoms with Crippen LogP contribution in [0.1, 0.15) is 43.7 Å². The molecule has 122 valence electrons. The van der Waals surface area contributed by atoms with Crippen molar-refractivity contribution in [3.8, 4) is 0 Å². The highest BCUT2D eigenvalue weighted by Gasteiger charge is 2.34. The number of rotatable bonds is 4. The minimum absolute atomic E-state index is 0.00318. The van der Waals surface area contributed by atoms with Crippen LogP contribution in [-0.4, -0.2) is 34.4 Å². The van der Waals surface area contributed by atoms with Crippen LogP contribution in [0.25, 0.3) is 6.08 Å². The Bertz CT molecular complexity index is 631. The van der Waals surface area contributed by atoms with E-state index in [1.807, 2.05) is 6.08 Å². The molecule has 0 N–H and O–H groups in total. The van der Waals surface area contributed by atoms with Gasteiger partial charge in [0.1, 0.15) is 4.32 Å². The molecule has 2 saturated heterocycles. The van der Waals surface area contributed by atoms with Crippen LogP contribution in [-0.2, 0) is 9.53 Å². The van der Waals surface area contributed by atoms with Crippen LogP contribution in [0.4, 0.5) is 0 Å². The molecule has 1 unspecified atom stereocenters. The number of carbonyl (C=O) groups is 1. The molecule has 3 rings (SSSR count). The number of hydrogen-bond donors (Lipinski definition) is 0. The number of amides is 1. The van der Waals surface area contributed by atoms with E-state index in [1.54, 1.807) is 4.90 Å². The highest BCUT2D eigenvalue weighted by molar-refractivity contribution is 8.26. The van der Waals surface area contributed by atoms with E-state index in [9.17, 15) is 4.79 Å². The molecular formula is C18H21NO2S2. The molecule has 23 heavy (non-hydrogen) atoms. The van der Waals surface area contributed by atoms with Gasteiger partial charge in [-0.25, -0.2) is 0 Å². The largest absolute Gasteiger partial charge is 0.376 e. The van der Waals surface area contributed by atoms with Crippen LogP contribution < -0.4 is 0 Å². The van der Waals surface area contributed by atoms with E-state index in [1.165, 1.54) is 17.3 Å². The summed E-state index contributed by atoms with van der Waals surface area (Å²) in [7, 11) is 0. The van der Waals surface area contributed by atoms with Crippen LogP contribution in [0.5, 0.6) is 0 Å². The zero-order valence-electron chi connectivity index (χ0n) is 13.5. The van der Waals surface area contributed by atoms with Gasteiger partial charge < -0.3 is 4.74 Å². The van der Waals surface area contributed by atoms with Gasteiger partial charge in [-0.05, 0) is 36.0 Å². The van der Waals surface area contributed by atoms with Gasteiger partial charge in [-0.2, -0.15) is 0 Å². The number of thiocarbonyl (C=S) groups is 1. The highest BCUT2D eigenvalue weighted by Crippen LogP contribution is 2.33. The Hall–Kier alpha value is -1.17. The Morgan fingerprint density at radius 2 is 2.13 bits per heavy atom. The third-order valence-electron chi connectivity index (χ3n) is 4.18. The van der Waals surface area contributed by atoms with Crippen molar-refractivity contribution < 1.29 is 9.53 Å². The second kappa shape index (κ2) is 7.16. The molecule has 2 aliphatic rings. The van der Waals surface area contributed by atoms with Crippen molar-refractivity contribution in [1.82, 2.24) is 4.90 Å². The second-order valence-electron chi connectivity index (χ2n) is 6.25. The first-order valence-corrected chi connectivity index (χ1v) is 9.24. The van der Waals surface area contributed by atoms with Gasteiger partial charge in [0.25, 0.3) is 5.91 Å². The van der Waals surface area contributed by atoms with E-state index < -0.39 is 0 Å². The summed E-state index contributed by atoms with van der Waals surface area (Å²) in [6, 6.07) is 8.34. The Balaban J connectivity index is 1.72. The SMILES string of the molecule is CC(C)c1ccc(/C=C2/SC(=S)N(CC3CCCO3)C2=O)cc1. The normalized spacial score (nSPS) is 23.5. The van der Waals surface area contributed by atoms with Crippen molar-refractivity contribution in [3.05, 3.63) is 40.3 Å². The molecular weight excluding hydrogens is 326 g/mol. The van der Waals surface area contributed by atoms with E-state index in [0.717, 1.165) is 25.0 Å². The quantitative estimate of drug-likeness (QED) is 0.603. The standard InChI is InChI=1S/C18H21NO2S2/c1-12(2)14-7-5-13(6-8-14)10-16-17(20)19(18(22)23-16)11-15-4-3-9-21-15/h5-8,10,12,15H,3-4,9,11H2,1-2H3/b16-10+. The third kappa shape index (κ3) is 3.84. The summed E-state index contributed by atoms with van der Waals surface area (Å²) in [6.45, 7) is 5.71. The van der Waals surface area contributed by atoms with E-state index in [2.05, 4.69) is 38.1 Å². The molecule has 1 amide bonds. The molecule has 0 saturated carbocycles. The Morgan fingerprint density at radius 1 is 1.39 bits per heavy atom. The number of nitrogens with zero attached hydrogens (tertiary/aromatic N) is 1. The smallest absolute Gasteiger partial charge is 0.266 e. The Labute approximate surface area is 147 Å². The Kier molecular flexibility index (Phi) is 5.19. The van der Waals surface area contributed by atoms with Crippen LogP contribution >= 0.6 is 24.0 Å². The van der Waals surface area contributed by atoms with Gasteiger partial charge in [0.15, 0.2) is 0 Å². The average molecular weight is 348 g/mol. The van der Waals surface area contributed by atoms with Crippen molar-refractivity contribution >= 4 is 40.3 Å². The predicted octanol–water partition coefficient (Wildman–Crippen LogP) is 4.19. The monoisotopic (exact) mass is 347 g/mol. The fourth-order valence-electron chi connectivity index (χ4n) is 2.78. The summed E-state index contributed by atoms with van der Waals surface area (Å²) in [5.41, 5.74) is 2.33. The fourth-order valence-corrected chi connectivity index (χ4v) is 4.05. The summed E-state index contributed by atoms with van der Waals surface area (Å²) in [6.07, 6.45) is 4.13. The topological polar surface area (TPSA) is 29.5 Å². The number of thioether (sulfide) groups is 1. The van der Waals surface area contributed by atoms with Gasteiger partial charge in [-0.15, -0.1) is 0 Å². The van der Waals surface area contributed by atoms with Crippen molar-refractivity contribution in [2.45, 2.75) is 38.7 Å². The molecule has 2 aliphatic heterocycles. The molecule has 5 heteroatoms. The van der Waals surface area contributed by atoms with Crippen LogP contribution in [0.2, 0.25) is 0 Å². The first-order valence-electron chi connectivity index (χ1n) is 8.01. The number of benzene rings is 1. The summed E-state index contributed by atoms with van der Waals surface area (Å²) in [4.78, 5) is 15.0. The Morgan fingerprint density at radius 3 is 2.74 bits per heavy atom. The van der Waals surface area contributed by atoms with Gasteiger partial charge in [-0.3, -0.25) is 9.69 Å². The fraction of sp³-hybridized carbons (Fsp3) is 0.444. The minimum atomic E-state index is 0.00318. The van der Waals surface area contributed by atoms with Crippen molar-refractivity contribution in [2.24, 2.45) is 0 Å². The molecule has 0 aromatic heterocycles. The van der Waals surface area contributed by atoms with E-state index in [4.69, 9.17) is 17.0 Å². The van der Waals surface area contributed by atoms with E-state index >= 15 is 0 Å². The zero-order valence-corrected chi connectivity index (χ0v) is 15.1. The summed E-state index contributed by atoms with van der Waals surface area (Å²) >= 11 is 6.76. The molecule has 3 nitrogen and oxygen atoms in total. The lowest BCUT2D eigenvalue weighted by molar-refractivity contribution is -0.123. The molecule has 0 spiro atoms. The molecule has 1 atom stereocenters. The first kappa shape index (κ1) is 16.7. The maximum Gasteiger partial charge on any atom is 0.266 e. The molecule has 0 aliphatic carbocycles. The average Bonchev–Trinajstić information content (AvgIpc) is 3.12. The lowest BCUT2D eigenvalue weighted by Gasteiger charge is -2.18. The van der Waals surface area contributed by atoms with E-state index in [0.29, 0.717) is 21.7 Å². The lowest BCUT2D eigenvalue weighted by atomic mass is 10.0. The summed E-state index contributed by atoms with van der Waals surface area (Å²) in [5.74, 6) is 0.511. The van der Waals surface area contributed by atoms with Gasteiger partial charge in [0.2, 0.25) is 0 Å². The third-order valence-corrected chi connectivity index (χ3v) is 5.56. The second-order valence-corrected chi connectivity index (χ2v) is 7.92. The summed E-state index contributed by atoms with van der Waals surface area (Å²) < 4.78 is 6.25. The maximum atomic E-state index is 12.6. The first-order chi connectivity index (χ1) is 11.0. The van der Waals surface area contributed by atoms with Gasteiger partial charge in [-0.1, -0.05) is 62.1 Å². The van der Waals surface area contributed by atoms with Gasteiger partial charge >= 0.3 is 0 Å². The molecule has 2 heterocycles. The van der Waals surface area contributed by atoms with Crippen molar-refractivity contribution in [3.63, 3.8) is 0 Å². The molecule has 1 aromatic carbocycles. The molecule has 0 radical (unpaired) electrons. The maximum absolute atomic E-state index is 12.6. The van der Waals surface area contributed by atoms with Crippen LogP contribution in [0, 0.1) is 0 Å². The van der Waals surface area contributed by atoms with Crippen molar-refractivity contribution in [2.75, 3.05) is 13.2 Å². The van der Waals surface area contributed by atoms with Gasteiger partial charge in [0.05, 0.1) is 17.6 Å². The molecule has 1 aromatic rings. The predicted molar refractivity (Wildman–Crippen MR) is 99.4 cm³/mol. The minimum Gasteiger partial charge on any atom is -0.376 e. The molecule has 2 fully saturated rings. The zero-order chi connectivity index (χ0) is 16.4. The highest BCUT2D eigenvalue weighted by atomic mass is 32.2.